The van der Waals surface area contributed by atoms with Crippen molar-refractivity contribution in [2.24, 2.45) is 5.10 Å². The first-order valence-corrected chi connectivity index (χ1v) is 7.64. The average molecular weight is 341 g/mol. The van der Waals surface area contributed by atoms with Crippen LogP contribution in [0.3, 0.4) is 0 Å². The number of nitrogens with one attached hydrogen (secondary N) is 1. The maximum Gasteiger partial charge on any atom is 0.277 e. The molecule has 7 heteroatoms. The lowest BCUT2D eigenvalue weighted by atomic mass is 10.1. The summed E-state index contributed by atoms with van der Waals surface area (Å²) in [5.74, 6) is 0.281. The van der Waals surface area contributed by atoms with Crippen LogP contribution >= 0.6 is 0 Å². The first kappa shape index (κ1) is 18.1. The lowest BCUT2D eigenvalue weighted by molar-refractivity contribution is -0.384. The molecule has 0 fully saturated rings. The summed E-state index contributed by atoms with van der Waals surface area (Å²) in [5.41, 5.74) is 6.15. The van der Waals surface area contributed by atoms with Crippen molar-refractivity contribution in [2.45, 2.75) is 20.8 Å². The number of nitrogens with zero attached hydrogens (tertiary/aromatic N) is 2. The normalized spacial score (nSPS) is 10.7. The Hall–Kier alpha value is -3.22. The largest absolute Gasteiger partial charge is 0.483 e. The van der Waals surface area contributed by atoms with Crippen LogP contribution in [0.5, 0.6) is 5.75 Å². The second-order valence-electron chi connectivity index (χ2n) is 5.64. The van der Waals surface area contributed by atoms with Crippen LogP contribution in [0.25, 0.3) is 0 Å². The van der Waals surface area contributed by atoms with Crippen LogP contribution in [0, 0.1) is 30.9 Å². The Morgan fingerprint density at radius 1 is 1.24 bits per heavy atom. The number of nitro groups is 1. The van der Waals surface area contributed by atoms with Gasteiger partial charge in [-0.1, -0.05) is 6.07 Å². The van der Waals surface area contributed by atoms with Gasteiger partial charge in [0.25, 0.3) is 11.6 Å². The van der Waals surface area contributed by atoms with Crippen molar-refractivity contribution in [1.82, 2.24) is 5.43 Å². The van der Waals surface area contributed by atoms with Gasteiger partial charge in [0, 0.05) is 12.1 Å². The minimum atomic E-state index is -0.477. The van der Waals surface area contributed by atoms with Crippen molar-refractivity contribution in [3.8, 4) is 5.75 Å². The Bertz CT molecular complexity index is 814. The summed E-state index contributed by atoms with van der Waals surface area (Å²) in [6.45, 7) is 5.74. The van der Waals surface area contributed by atoms with E-state index in [0.717, 1.165) is 16.7 Å². The second-order valence-corrected chi connectivity index (χ2v) is 5.64. The number of hydrazone groups is 1. The molecule has 2 aromatic carbocycles. The number of non-ortho nitro benzene ring substituents is 1. The zero-order valence-electron chi connectivity index (χ0n) is 14.3. The van der Waals surface area contributed by atoms with E-state index in [1.165, 1.54) is 18.3 Å². The van der Waals surface area contributed by atoms with Crippen molar-refractivity contribution < 1.29 is 14.5 Å². The molecule has 0 bridgehead atoms. The molecule has 2 rings (SSSR count). The van der Waals surface area contributed by atoms with Gasteiger partial charge in [0.2, 0.25) is 0 Å². The van der Waals surface area contributed by atoms with E-state index in [4.69, 9.17) is 4.74 Å². The number of benzene rings is 2. The highest BCUT2D eigenvalue weighted by Crippen LogP contribution is 2.23. The lowest BCUT2D eigenvalue weighted by Crippen LogP contribution is -2.24. The molecule has 25 heavy (non-hydrogen) atoms. The van der Waals surface area contributed by atoms with Gasteiger partial charge in [-0.05, 0) is 61.2 Å². The van der Waals surface area contributed by atoms with E-state index in [-0.39, 0.29) is 12.3 Å². The van der Waals surface area contributed by atoms with Crippen LogP contribution in [0.2, 0.25) is 0 Å². The van der Waals surface area contributed by atoms with Crippen LogP contribution in [0.1, 0.15) is 22.3 Å². The summed E-state index contributed by atoms with van der Waals surface area (Å²) >= 11 is 0. The van der Waals surface area contributed by atoms with E-state index in [2.05, 4.69) is 16.6 Å². The fourth-order valence-corrected chi connectivity index (χ4v) is 2.19. The Balaban J connectivity index is 1.87. The molecule has 0 aliphatic rings. The number of hydrogen-bond donors (Lipinski definition) is 1. The third kappa shape index (κ3) is 5.13. The van der Waals surface area contributed by atoms with Crippen molar-refractivity contribution in [3.63, 3.8) is 0 Å². The third-order valence-corrected chi connectivity index (χ3v) is 3.63. The highest BCUT2D eigenvalue weighted by Gasteiger charge is 2.07. The van der Waals surface area contributed by atoms with Gasteiger partial charge < -0.3 is 4.74 Å². The quantitative estimate of drug-likeness (QED) is 0.496. The number of aryl methyl sites for hydroxylation is 2. The van der Waals surface area contributed by atoms with Crippen LogP contribution in [0.4, 0.5) is 5.69 Å². The molecule has 0 unspecified atom stereocenters. The van der Waals surface area contributed by atoms with Gasteiger partial charge in [-0.25, -0.2) is 5.43 Å². The Labute approximate surface area is 145 Å². The highest BCUT2D eigenvalue weighted by atomic mass is 16.6. The van der Waals surface area contributed by atoms with Crippen LogP contribution in [0.15, 0.2) is 41.5 Å². The minimum Gasteiger partial charge on any atom is -0.483 e. The molecule has 0 aliphatic heterocycles. The average Bonchev–Trinajstić information content (AvgIpc) is 2.57. The van der Waals surface area contributed by atoms with Crippen LogP contribution in [-0.2, 0) is 4.79 Å². The van der Waals surface area contributed by atoms with Crippen LogP contribution in [-0.4, -0.2) is 23.7 Å². The Morgan fingerprint density at radius 3 is 2.56 bits per heavy atom. The second kappa shape index (κ2) is 8.05. The number of rotatable bonds is 6. The van der Waals surface area contributed by atoms with E-state index >= 15 is 0 Å². The summed E-state index contributed by atoms with van der Waals surface area (Å²) < 4.78 is 5.54. The van der Waals surface area contributed by atoms with E-state index in [1.807, 2.05) is 26.8 Å². The maximum absolute atomic E-state index is 11.8. The van der Waals surface area contributed by atoms with Crippen molar-refractivity contribution in [1.29, 1.82) is 0 Å². The summed E-state index contributed by atoms with van der Waals surface area (Å²) in [5, 5.41) is 14.4. The molecule has 2 aromatic rings. The summed E-state index contributed by atoms with van der Waals surface area (Å²) in [7, 11) is 0. The monoisotopic (exact) mass is 341 g/mol. The van der Waals surface area contributed by atoms with Gasteiger partial charge in [0.05, 0.1) is 11.1 Å². The number of carbonyl (C=O) groups is 1. The van der Waals surface area contributed by atoms with Gasteiger partial charge in [-0.3, -0.25) is 14.9 Å². The predicted octanol–water partition coefficient (Wildman–Crippen LogP) is 3.05. The van der Waals surface area contributed by atoms with Gasteiger partial charge >= 0.3 is 0 Å². The Kier molecular flexibility index (Phi) is 5.84. The van der Waals surface area contributed by atoms with Gasteiger partial charge in [0.15, 0.2) is 6.61 Å². The number of nitro benzene ring substituents is 1. The molecule has 0 radical (unpaired) electrons. The zero-order chi connectivity index (χ0) is 18.4. The molecule has 130 valence electrons. The molecule has 0 atom stereocenters. The van der Waals surface area contributed by atoms with E-state index in [1.54, 1.807) is 12.1 Å². The number of hydrogen-bond acceptors (Lipinski definition) is 5. The van der Waals surface area contributed by atoms with Gasteiger partial charge in [-0.2, -0.15) is 5.10 Å². The molecular formula is C18H19N3O4. The fraction of sp³-hybridized carbons (Fsp3) is 0.222. The van der Waals surface area contributed by atoms with Crippen LogP contribution < -0.4 is 10.2 Å². The van der Waals surface area contributed by atoms with E-state index in [9.17, 15) is 14.9 Å². The molecular weight excluding hydrogens is 322 g/mol. The molecule has 0 saturated heterocycles. The lowest BCUT2D eigenvalue weighted by Gasteiger charge is -2.11. The topological polar surface area (TPSA) is 93.8 Å². The predicted molar refractivity (Wildman–Crippen MR) is 95.0 cm³/mol. The highest BCUT2D eigenvalue weighted by molar-refractivity contribution is 5.83. The molecule has 0 heterocycles. The Morgan fingerprint density at radius 2 is 1.92 bits per heavy atom. The zero-order valence-corrected chi connectivity index (χ0v) is 14.3. The number of ether oxygens (including phenoxy) is 1. The number of amides is 1. The first-order valence-electron chi connectivity index (χ1n) is 7.64. The van der Waals surface area contributed by atoms with Crippen molar-refractivity contribution in [2.75, 3.05) is 6.61 Å². The summed E-state index contributed by atoms with van der Waals surface area (Å²) in [6.07, 6.45) is 1.41. The molecule has 0 spiro atoms. The fourth-order valence-electron chi connectivity index (χ4n) is 2.19. The van der Waals surface area contributed by atoms with E-state index < -0.39 is 10.8 Å². The SMILES string of the molecule is Cc1cc(C)c(C)c(OCC(=O)N/N=C/c2ccc([N+](=O)[O-])cc2)c1. The molecule has 0 aliphatic carbocycles. The standard InChI is InChI=1S/C18H19N3O4/c1-12-8-13(2)14(3)17(9-12)25-11-18(22)20-19-10-15-4-6-16(7-5-15)21(23)24/h4-10H,11H2,1-3H3,(H,20,22)/b19-10+. The molecule has 1 N–H and O–H groups in total. The summed E-state index contributed by atoms with van der Waals surface area (Å²) in [6, 6.07) is 9.77. The summed E-state index contributed by atoms with van der Waals surface area (Å²) in [4.78, 5) is 21.9. The van der Waals surface area contributed by atoms with Crippen molar-refractivity contribution >= 4 is 17.8 Å². The minimum absolute atomic E-state index is 0.00148. The molecule has 7 nitrogen and oxygen atoms in total. The molecule has 1 amide bonds. The maximum atomic E-state index is 11.8. The van der Waals surface area contributed by atoms with Gasteiger partial charge in [0.1, 0.15) is 5.75 Å². The smallest absolute Gasteiger partial charge is 0.277 e. The van der Waals surface area contributed by atoms with Gasteiger partial charge in [-0.15, -0.1) is 0 Å². The molecule has 0 saturated carbocycles. The number of carbonyl (C=O) groups excluding carboxylic acids is 1. The molecule has 0 aromatic heterocycles. The van der Waals surface area contributed by atoms with Crippen molar-refractivity contribution in [3.05, 3.63) is 68.8 Å². The third-order valence-electron chi connectivity index (χ3n) is 3.63. The van der Waals surface area contributed by atoms with E-state index in [0.29, 0.717) is 11.3 Å². The first-order chi connectivity index (χ1) is 11.9.